The summed E-state index contributed by atoms with van der Waals surface area (Å²) in [7, 11) is -3.55. The number of ether oxygens (including phenoxy) is 3. The monoisotopic (exact) mass is 542 g/mol. The van der Waals surface area contributed by atoms with Crippen molar-refractivity contribution in [1.29, 1.82) is 5.26 Å². The van der Waals surface area contributed by atoms with Crippen molar-refractivity contribution in [3.8, 4) is 23.3 Å². The van der Waals surface area contributed by atoms with Crippen molar-refractivity contribution in [1.82, 2.24) is 10.2 Å². The van der Waals surface area contributed by atoms with E-state index >= 15 is 0 Å². The van der Waals surface area contributed by atoms with Gasteiger partial charge in [0, 0.05) is 6.26 Å². The highest BCUT2D eigenvalue weighted by molar-refractivity contribution is 7.92. The third kappa shape index (κ3) is 7.77. The van der Waals surface area contributed by atoms with Gasteiger partial charge in [0.1, 0.15) is 30.6 Å². The van der Waals surface area contributed by atoms with E-state index in [1.165, 1.54) is 6.08 Å². The van der Waals surface area contributed by atoms with Gasteiger partial charge < -0.3 is 14.2 Å². The van der Waals surface area contributed by atoms with Gasteiger partial charge in [-0.05, 0) is 61.7 Å². The number of benzene rings is 2. The van der Waals surface area contributed by atoms with Crippen molar-refractivity contribution in [3.05, 3.63) is 58.7 Å². The van der Waals surface area contributed by atoms with E-state index in [-0.39, 0.29) is 21.7 Å². The first-order valence-electron chi connectivity index (χ1n) is 11.2. The number of rotatable bonds is 11. The Balaban J connectivity index is 1.68. The van der Waals surface area contributed by atoms with Gasteiger partial charge in [0.05, 0.1) is 6.61 Å². The number of nitriles is 1. The third-order valence-electron chi connectivity index (χ3n) is 4.83. The van der Waals surface area contributed by atoms with Crippen LogP contribution in [0.5, 0.6) is 17.2 Å². The number of nitrogens with one attached hydrogen (secondary N) is 1. The van der Waals surface area contributed by atoms with Gasteiger partial charge in [-0.25, -0.2) is 8.42 Å². The molecule has 0 radical (unpaired) electrons. The van der Waals surface area contributed by atoms with E-state index in [1.54, 1.807) is 18.2 Å². The Morgan fingerprint density at radius 3 is 2.43 bits per heavy atom. The summed E-state index contributed by atoms with van der Waals surface area (Å²) in [4.78, 5) is 12.5. The molecule has 3 aromatic rings. The van der Waals surface area contributed by atoms with Crippen LogP contribution in [0.15, 0.2) is 46.3 Å². The molecule has 37 heavy (non-hydrogen) atoms. The van der Waals surface area contributed by atoms with Gasteiger partial charge in [-0.1, -0.05) is 29.5 Å². The summed E-state index contributed by atoms with van der Waals surface area (Å²) in [6.45, 7) is 6.81. The van der Waals surface area contributed by atoms with Crippen LogP contribution >= 0.6 is 11.3 Å². The minimum absolute atomic E-state index is 0.0339. The van der Waals surface area contributed by atoms with Gasteiger partial charge in [0.25, 0.3) is 5.91 Å². The zero-order valence-electron chi connectivity index (χ0n) is 20.8. The van der Waals surface area contributed by atoms with E-state index in [4.69, 9.17) is 14.2 Å². The Morgan fingerprint density at radius 1 is 1.05 bits per heavy atom. The minimum Gasteiger partial charge on any atom is -0.490 e. The molecule has 2 aromatic carbocycles. The van der Waals surface area contributed by atoms with Crippen LogP contribution in [-0.4, -0.2) is 50.6 Å². The van der Waals surface area contributed by atoms with Crippen molar-refractivity contribution >= 4 is 38.3 Å². The lowest BCUT2D eigenvalue weighted by Crippen LogP contribution is -2.13. The van der Waals surface area contributed by atoms with Gasteiger partial charge in [-0.2, -0.15) is 5.26 Å². The van der Waals surface area contributed by atoms with Gasteiger partial charge in [0.15, 0.2) is 11.5 Å². The molecule has 12 heteroatoms. The highest BCUT2D eigenvalue weighted by Gasteiger charge is 2.18. The molecule has 0 aliphatic carbocycles. The van der Waals surface area contributed by atoms with E-state index < -0.39 is 15.7 Å². The molecule has 1 aromatic heterocycles. The largest absolute Gasteiger partial charge is 0.490 e. The smallest absolute Gasteiger partial charge is 0.268 e. The molecule has 1 heterocycles. The first kappa shape index (κ1) is 27.6. The summed E-state index contributed by atoms with van der Waals surface area (Å²) >= 11 is 0.697. The fraction of sp³-hybridized carbons (Fsp3) is 0.280. The molecule has 1 N–H and O–H groups in total. The average Bonchev–Trinajstić information content (AvgIpc) is 3.32. The van der Waals surface area contributed by atoms with E-state index in [9.17, 15) is 18.5 Å². The summed E-state index contributed by atoms with van der Waals surface area (Å²) in [6.07, 6.45) is 2.37. The van der Waals surface area contributed by atoms with E-state index in [0.29, 0.717) is 41.6 Å². The van der Waals surface area contributed by atoms with Crippen LogP contribution in [0.25, 0.3) is 6.08 Å². The second kappa shape index (κ2) is 12.3. The Morgan fingerprint density at radius 2 is 1.78 bits per heavy atom. The maximum atomic E-state index is 12.5. The number of hydrogen-bond acceptors (Lipinski definition) is 10. The Kier molecular flexibility index (Phi) is 9.21. The molecule has 0 atom stereocenters. The molecule has 0 saturated carbocycles. The molecule has 0 aliphatic rings. The van der Waals surface area contributed by atoms with E-state index in [2.05, 4.69) is 15.5 Å². The van der Waals surface area contributed by atoms with Crippen molar-refractivity contribution in [2.45, 2.75) is 25.1 Å². The van der Waals surface area contributed by atoms with Crippen LogP contribution in [0.2, 0.25) is 0 Å². The number of carbonyl (C=O) groups is 1. The third-order valence-corrected chi connectivity index (χ3v) is 7.34. The number of nitrogens with zero attached hydrogens (tertiary/aromatic N) is 3. The molecule has 0 bridgehead atoms. The van der Waals surface area contributed by atoms with Gasteiger partial charge >= 0.3 is 0 Å². The molecule has 0 aliphatic heterocycles. The molecule has 0 saturated heterocycles. The van der Waals surface area contributed by atoms with Gasteiger partial charge in [0.2, 0.25) is 19.3 Å². The molecule has 0 spiro atoms. The van der Waals surface area contributed by atoms with Crippen LogP contribution < -0.4 is 19.5 Å². The van der Waals surface area contributed by atoms with Crippen LogP contribution in [0.1, 0.15) is 23.6 Å². The van der Waals surface area contributed by atoms with Crippen molar-refractivity contribution in [3.63, 3.8) is 0 Å². The number of aromatic nitrogens is 2. The summed E-state index contributed by atoms with van der Waals surface area (Å²) in [6, 6.07) is 12.9. The van der Waals surface area contributed by atoms with Crippen molar-refractivity contribution in [2.75, 3.05) is 31.4 Å². The van der Waals surface area contributed by atoms with Crippen molar-refractivity contribution < 1.29 is 27.4 Å². The quantitative estimate of drug-likeness (QED) is 0.165. The Bertz CT molecular complexity index is 1460. The number of hydrogen-bond donors (Lipinski definition) is 1. The number of aryl methyl sites for hydroxylation is 2. The fourth-order valence-corrected chi connectivity index (χ4v) is 4.56. The van der Waals surface area contributed by atoms with Gasteiger partial charge in [-0.15, -0.1) is 10.2 Å². The molecule has 1 amide bonds. The first-order chi connectivity index (χ1) is 17.6. The topological polar surface area (TPSA) is 140 Å². The second-order valence-corrected chi connectivity index (χ2v) is 11.0. The number of amides is 1. The van der Waals surface area contributed by atoms with Gasteiger partial charge in [-0.3, -0.25) is 10.1 Å². The fourth-order valence-electron chi connectivity index (χ4n) is 3.06. The Labute approximate surface area is 219 Å². The van der Waals surface area contributed by atoms with Crippen LogP contribution in [0.3, 0.4) is 0 Å². The molecular weight excluding hydrogens is 516 g/mol. The van der Waals surface area contributed by atoms with Crippen LogP contribution in [0.4, 0.5) is 5.13 Å². The Hall–Kier alpha value is -3.95. The predicted molar refractivity (Wildman–Crippen MR) is 140 cm³/mol. The van der Waals surface area contributed by atoms with E-state index in [1.807, 2.05) is 45.0 Å². The first-order valence-corrected chi connectivity index (χ1v) is 13.9. The lowest BCUT2D eigenvalue weighted by molar-refractivity contribution is -0.112. The summed E-state index contributed by atoms with van der Waals surface area (Å²) in [5.74, 6) is 0.995. The second-order valence-electron chi connectivity index (χ2n) is 7.87. The maximum absolute atomic E-state index is 12.5. The SMILES string of the molecule is CCOc1cc(C=C(C#N)C(=O)Nc2nnc(S(C)(=O)=O)s2)ccc1OCCOc1cc(C)ccc1C. The summed E-state index contributed by atoms with van der Waals surface area (Å²) in [5.41, 5.74) is 2.46. The van der Waals surface area contributed by atoms with Crippen LogP contribution in [0, 0.1) is 25.2 Å². The molecule has 0 unspecified atom stereocenters. The lowest BCUT2D eigenvalue weighted by Gasteiger charge is -2.14. The minimum atomic E-state index is -3.55. The standard InChI is InChI=1S/C25H26N4O6S2/c1-5-33-22-14-18(8-9-20(22)34-10-11-35-21-12-16(2)6-7-17(21)3)13-19(15-26)23(30)27-24-28-29-25(36-24)37(4,31)32/h6-9,12-14H,5,10-11H2,1-4H3,(H,27,28,30). The molecular formula is C25H26N4O6S2. The lowest BCUT2D eigenvalue weighted by atomic mass is 10.1. The highest BCUT2D eigenvalue weighted by atomic mass is 32.2. The molecule has 10 nitrogen and oxygen atoms in total. The zero-order chi connectivity index (χ0) is 27.0. The number of sulfone groups is 1. The van der Waals surface area contributed by atoms with Crippen LogP contribution in [-0.2, 0) is 14.6 Å². The molecule has 3 rings (SSSR count). The molecule has 194 valence electrons. The van der Waals surface area contributed by atoms with Crippen molar-refractivity contribution in [2.24, 2.45) is 0 Å². The number of carbonyl (C=O) groups excluding carboxylic acids is 1. The predicted octanol–water partition coefficient (Wildman–Crippen LogP) is 3.96. The molecule has 0 fully saturated rings. The average molecular weight is 543 g/mol. The summed E-state index contributed by atoms with van der Waals surface area (Å²) in [5, 5.41) is 19.0. The highest BCUT2D eigenvalue weighted by Crippen LogP contribution is 2.30. The zero-order valence-corrected chi connectivity index (χ0v) is 22.4. The maximum Gasteiger partial charge on any atom is 0.268 e. The van der Waals surface area contributed by atoms with E-state index in [0.717, 1.165) is 23.1 Å². The normalized spacial score (nSPS) is 11.5. The summed E-state index contributed by atoms with van der Waals surface area (Å²) < 4.78 is 40.2. The number of anilines is 1.